The highest BCUT2D eigenvalue weighted by molar-refractivity contribution is 7.47. The minimum Gasteiger partial charge on any atom is -0.462 e. The van der Waals surface area contributed by atoms with Crippen LogP contribution in [0.2, 0.25) is 0 Å². The predicted octanol–water partition coefficient (Wildman–Crippen LogP) is 26.6. The maximum Gasteiger partial charge on any atom is 0.472 e. The maximum atomic E-state index is 13.2. The van der Waals surface area contributed by atoms with Crippen LogP contribution in [0.25, 0.3) is 0 Å². The van der Waals surface area contributed by atoms with Gasteiger partial charge in [-0.3, -0.25) is 37.3 Å². The quantitative estimate of drug-likeness (QED) is 0.0222. The summed E-state index contributed by atoms with van der Waals surface area (Å²) in [6.45, 7) is 9.61. The van der Waals surface area contributed by atoms with Crippen LogP contribution in [0.1, 0.15) is 465 Å². The molecule has 0 aliphatic heterocycles. The van der Waals surface area contributed by atoms with Crippen LogP contribution in [0, 0.1) is 11.8 Å². The Hall–Kier alpha value is -1.94. The summed E-state index contributed by atoms with van der Waals surface area (Å²) in [5.41, 5.74) is 0. The Bertz CT molecular complexity index is 2030. The summed E-state index contributed by atoms with van der Waals surface area (Å²) in [5, 5.41) is 10.7. The van der Waals surface area contributed by atoms with Crippen LogP contribution in [-0.4, -0.2) is 96.7 Å². The fourth-order valence-electron chi connectivity index (χ4n) is 13.6. The van der Waals surface area contributed by atoms with Crippen molar-refractivity contribution in [2.24, 2.45) is 11.8 Å². The number of hydrogen-bond donors (Lipinski definition) is 3. The van der Waals surface area contributed by atoms with Crippen LogP contribution in [0.4, 0.5) is 0 Å². The number of unbranched alkanes of at least 4 members (excludes halogenated alkanes) is 56. The first-order chi connectivity index (χ1) is 51.4. The second-order valence-corrected chi connectivity index (χ2v) is 35.1. The zero-order chi connectivity index (χ0) is 77.8. The molecule has 0 aliphatic carbocycles. The molecule has 0 aromatic carbocycles. The molecule has 630 valence electrons. The second-order valence-electron chi connectivity index (χ2n) is 32.2. The van der Waals surface area contributed by atoms with Gasteiger partial charge in [-0.2, -0.15) is 0 Å². The molecule has 3 N–H and O–H groups in total. The summed E-state index contributed by atoms with van der Waals surface area (Å²) in [5.74, 6) is -0.630. The molecule has 106 heavy (non-hydrogen) atoms. The number of esters is 4. The molecular weight excluding hydrogens is 1380 g/mol. The van der Waals surface area contributed by atoms with Crippen LogP contribution in [0.15, 0.2) is 0 Å². The molecule has 0 aromatic rings. The number of carbonyl (C=O) groups is 4. The lowest BCUT2D eigenvalue weighted by Gasteiger charge is -2.21. The number of phosphoric ester groups is 2. The topological polar surface area (TPSA) is 237 Å². The molecule has 0 aliphatic rings. The largest absolute Gasteiger partial charge is 0.472 e. The first-order valence-electron chi connectivity index (χ1n) is 45.0. The molecule has 5 atom stereocenters. The minimum atomic E-state index is -4.97. The lowest BCUT2D eigenvalue weighted by atomic mass is 10.0. The van der Waals surface area contributed by atoms with E-state index in [0.29, 0.717) is 31.6 Å². The average Bonchev–Trinajstić information content (AvgIpc) is 0.900. The van der Waals surface area contributed by atoms with Crippen LogP contribution >= 0.6 is 15.6 Å². The number of ether oxygens (including phenoxy) is 4. The Labute approximate surface area is 651 Å². The number of aliphatic hydroxyl groups is 1. The van der Waals surface area contributed by atoms with Crippen LogP contribution in [-0.2, 0) is 65.4 Å². The van der Waals surface area contributed by atoms with Crippen molar-refractivity contribution in [2.75, 3.05) is 39.6 Å². The van der Waals surface area contributed by atoms with Gasteiger partial charge in [0.25, 0.3) is 0 Å². The van der Waals surface area contributed by atoms with E-state index in [9.17, 15) is 43.2 Å². The normalized spacial score (nSPS) is 13.8. The first kappa shape index (κ1) is 104. The molecule has 0 bridgehead atoms. The van der Waals surface area contributed by atoms with E-state index in [1.165, 1.54) is 276 Å². The molecule has 19 heteroatoms. The average molecular weight is 1550 g/mol. The molecule has 0 fully saturated rings. The lowest BCUT2D eigenvalue weighted by Crippen LogP contribution is -2.30. The molecule has 0 rings (SSSR count). The van der Waals surface area contributed by atoms with Gasteiger partial charge in [0.2, 0.25) is 0 Å². The minimum absolute atomic E-state index is 0.107. The number of aliphatic hydroxyl groups excluding tert-OH is 1. The third kappa shape index (κ3) is 80.1. The zero-order valence-electron chi connectivity index (χ0n) is 69.7. The Balaban J connectivity index is 5.20. The molecule has 0 saturated heterocycles. The van der Waals surface area contributed by atoms with E-state index < -0.39 is 97.5 Å². The summed E-state index contributed by atoms with van der Waals surface area (Å²) in [6, 6.07) is 0. The number of hydrogen-bond acceptors (Lipinski definition) is 15. The molecule has 17 nitrogen and oxygen atoms in total. The smallest absolute Gasteiger partial charge is 0.462 e. The van der Waals surface area contributed by atoms with Crippen molar-refractivity contribution >= 4 is 39.5 Å². The van der Waals surface area contributed by atoms with Gasteiger partial charge in [0, 0.05) is 25.7 Å². The molecule has 0 aromatic heterocycles. The Morgan fingerprint density at radius 1 is 0.255 bits per heavy atom. The van der Waals surface area contributed by atoms with Crippen molar-refractivity contribution in [3.8, 4) is 0 Å². The van der Waals surface area contributed by atoms with Gasteiger partial charge in [-0.25, -0.2) is 9.13 Å². The zero-order valence-corrected chi connectivity index (χ0v) is 71.5. The van der Waals surface area contributed by atoms with E-state index in [4.69, 9.17) is 37.0 Å². The van der Waals surface area contributed by atoms with Gasteiger partial charge in [-0.15, -0.1) is 0 Å². The molecule has 0 radical (unpaired) electrons. The highest BCUT2D eigenvalue weighted by Crippen LogP contribution is 2.45. The van der Waals surface area contributed by atoms with Crippen molar-refractivity contribution < 1.29 is 80.2 Å². The van der Waals surface area contributed by atoms with E-state index in [0.717, 1.165) is 102 Å². The number of carbonyl (C=O) groups excluding carboxylic acids is 4. The molecule has 0 heterocycles. The standard InChI is InChI=1S/C87H170O17P2/c1-7-9-11-13-15-17-19-21-23-25-27-28-30-32-34-39-43-47-51-59-65-71-86(91)103-82(75-97-84(89)69-63-57-50-46-42-38-33-31-29-26-24-22-20-18-16-14-12-10-8-2)77-101-105(93,94)99-73-81(88)74-100-106(95,96)102-78-83(76-98-85(90)70-64-58-54-53-56-62-68-80(5)6)104-87(92)72-66-60-52-48-44-40-36-35-37-41-45-49-55-61-67-79(3)4/h79-83,88H,7-78H2,1-6H3,(H,93,94)(H,95,96)/t81-,82-,83-/m1/s1. The van der Waals surface area contributed by atoms with E-state index in [1.54, 1.807) is 0 Å². The lowest BCUT2D eigenvalue weighted by molar-refractivity contribution is -0.161. The van der Waals surface area contributed by atoms with E-state index in [-0.39, 0.29) is 25.7 Å². The number of rotatable bonds is 86. The van der Waals surface area contributed by atoms with Crippen molar-refractivity contribution in [3.05, 3.63) is 0 Å². The van der Waals surface area contributed by atoms with E-state index in [1.807, 2.05) is 0 Å². The van der Waals surface area contributed by atoms with Gasteiger partial charge < -0.3 is 33.8 Å². The first-order valence-corrected chi connectivity index (χ1v) is 48.0. The summed E-state index contributed by atoms with van der Waals surface area (Å²) in [7, 11) is -9.93. The monoisotopic (exact) mass is 1550 g/mol. The Morgan fingerprint density at radius 2 is 0.434 bits per heavy atom. The number of phosphoric acid groups is 2. The summed E-state index contributed by atoms with van der Waals surface area (Å²) < 4.78 is 68.9. The maximum absolute atomic E-state index is 13.2. The molecule has 0 spiro atoms. The van der Waals surface area contributed by atoms with E-state index in [2.05, 4.69) is 41.5 Å². The van der Waals surface area contributed by atoms with E-state index >= 15 is 0 Å². The van der Waals surface area contributed by atoms with Gasteiger partial charge in [0.05, 0.1) is 26.4 Å². The highest BCUT2D eigenvalue weighted by Gasteiger charge is 2.30. The summed E-state index contributed by atoms with van der Waals surface area (Å²) in [4.78, 5) is 73.2. The van der Waals surface area contributed by atoms with Gasteiger partial charge in [-0.1, -0.05) is 414 Å². The third-order valence-corrected chi connectivity index (χ3v) is 22.4. The fourth-order valence-corrected chi connectivity index (χ4v) is 15.2. The van der Waals surface area contributed by atoms with Crippen molar-refractivity contribution in [2.45, 2.75) is 484 Å². The summed E-state index contributed by atoms with van der Waals surface area (Å²) >= 11 is 0. The van der Waals surface area contributed by atoms with Crippen LogP contribution in [0.3, 0.4) is 0 Å². The SMILES string of the molecule is CCCCCCCCCCCCCCCCCCCCCCCC(=O)O[C@H](COC(=O)CCCCCCCCCCCCCCCCCCCCC)COP(=O)(O)OC[C@@H](O)COP(=O)(O)OC[C@@H](COC(=O)CCCCCCCCC(C)C)OC(=O)CCCCCCCCCCCCCCCCC(C)C. The Morgan fingerprint density at radius 3 is 0.642 bits per heavy atom. The van der Waals surface area contributed by atoms with Gasteiger partial charge in [0.1, 0.15) is 19.3 Å². The third-order valence-electron chi connectivity index (χ3n) is 20.5. The highest BCUT2D eigenvalue weighted by atomic mass is 31.2. The molecular formula is C87H170O17P2. The van der Waals surface area contributed by atoms with Gasteiger partial charge >= 0.3 is 39.5 Å². The Kier molecular flexibility index (Phi) is 76.9. The van der Waals surface area contributed by atoms with Gasteiger partial charge in [-0.05, 0) is 37.5 Å². The molecule has 2 unspecified atom stereocenters. The summed E-state index contributed by atoms with van der Waals surface area (Å²) in [6.07, 6.45) is 71.1. The molecule has 0 amide bonds. The van der Waals surface area contributed by atoms with Crippen molar-refractivity contribution in [3.63, 3.8) is 0 Å². The van der Waals surface area contributed by atoms with Crippen molar-refractivity contribution in [1.29, 1.82) is 0 Å². The second kappa shape index (κ2) is 78.3. The van der Waals surface area contributed by atoms with Gasteiger partial charge in [0.15, 0.2) is 12.2 Å². The molecule has 0 saturated carbocycles. The van der Waals surface area contributed by atoms with Crippen LogP contribution in [0.5, 0.6) is 0 Å². The predicted molar refractivity (Wildman–Crippen MR) is 437 cm³/mol. The fraction of sp³-hybridized carbons (Fsp3) is 0.954. The van der Waals surface area contributed by atoms with Crippen LogP contribution < -0.4 is 0 Å². The van der Waals surface area contributed by atoms with Crippen molar-refractivity contribution in [1.82, 2.24) is 0 Å².